The van der Waals surface area contributed by atoms with Crippen LogP contribution < -0.4 is 5.73 Å². The molecule has 0 aromatic heterocycles. The minimum atomic E-state index is -4.64. The van der Waals surface area contributed by atoms with Gasteiger partial charge in [0.1, 0.15) is 5.82 Å². The van der Waals surface area contributed by atoms with Crippen LogP contribution in [-0.4, -0.2) is 6.54 Å². The molecule has 1 nitrogen and oxygen atoms in total. The molecule has 0 saturated carbocycles. The lowest BCUT2D eigenvalue weighted by atomic mass is 10.1. The SMILES string of the molecule is Cl.NCCc1cccc(C(F)(F)F)c1F. The van der Waals surface area contributed by atoms with Gasteiger partial charge in [0.05, 0.1) is 5.56 Å². The van der Waals surface area contributed by atoms with Gasteiger partial charge in [0, 0.05) is 0 Å². The van der Waals surface area contributed by atoms with Crippen LogP contribution in [0.25, 0.3) is 0 Å². The average Bonchev–Trinajstić information content (AvgIpc) is 2.07. The van der Waals surface area contributed by atoms with Gasteiger partial charge in [-0.2, -0.15) is 13.2 Å². The summed E-state index contributed by atoms with van der Waals surface area (Å²) in [4.78, 5) is 0. The standard InChI is InChI=1S/C9H9F4N.ClH/c10-8-6(4-5-14)2-1-3-7(8)9(11,12)13;/h1-3H,4-5,14H2;1H. The van der Waals surface area contributed by atoms with Crippen molar-refractivity contribution >= 4 is 12.4 Å². The molecule has 0 aliphatic heterocycles. The monoisotopic (exact) mass is 243 g/mol. The van der Waals surface area contributed by atoms with Crippen LogP contribution in [0, 0.1) is 5.82 Å². The van der Waals surface area contributed by atoms with Gasteiger partial charge in [-0.05, 0) is 24.6 Å². The van der Waals surface area contributed by atoms with Crippen LogP contribution in [0.1, 0.15) is 11.1 Å². The van der Waals surface area contributed by atoms with Gasteiger partial charge in [0.2, 0.25) is 0 Å². The number of nitrogens with two attached hydrogens (primary N) is 1. The molecule has 86 valence electrons. The quantitative estimate of drug-likeness (QED) is 0.795. The van der Waals surface area contributed by atoms with E-state index in [2.05, 4.69) is 0 Å². The molecule has 15 heavy (non-hydrogen) atoms. The smallest absolute Gasteiger partial charge is 0.330 e. The van der Waals surface area contributed by atoms with E-state index in [4.69, 9.17) is 5.73 Å². The normalized spacial score (nSPS) is 11.0. The number of hydrogen-bond acceptors (Lipinski definition) is 1. The number of rotatable bonds is 2. The zero-order chi connectivity index (χ0) is 10.8. The van der Waals surface area contributed by atoms with E-state index in [1.165, 1.54) is 12.1 Å². The maximum absolute atomic E-state index is 13.2. The molecule has 0 aliphatic carbocycles. The molecule has 0 fully saturated rings. The molecule has 0 aliphatic rings. The van der Waals surface area contributed by atoms with Crippen molar-refractivity contribution in [1.82, 2.24) is 0 Å². The zero-order valence-corrected chi connectivity index (χ0v) is 8.46. The number of halogens is 5. The Kier molecular flexibility index (Phi) is 5.03. The summed E-state index contributed by atoms with van der Waals surface area (Å²) >= 11 is 0. The van der Waals surface area contributed by atoms with Crippen LogP contribution in [-0.2, 0) is 12.6 Å². The van der Waals surface area contributed by atoms with Crippen molar-refractivity contribution in [3.63, 3.8) is 0 Å². The number of alkyl halides is 3. The Morgan fingerprint density at radius 3 is 2.27 bits per heavy atom. The van der Waals surface area contributed by atoms with Crippen LogP contribution in [0.15, 0.2) is 18.2 Å². The average molecular weight is 244 g/mol. The highest BCUT2D eigenvalue weighted by Gasteiger charge is 2.34. The van der Waals surface area contributed by atoms with Crippen LogP contribution in [0.3, 0.4) is 0 Å². The number of benzene rings is 1. The Bertz CT molecular complexity index is 324. The molecular formula is C9H10ClF4N. The fraction of sp³-hybridized carbons (Fsp3) is 0.333. The van der Waals surface area contributed by atoms with E-state index in [0.29, 0.717) is 0 Å². The molecule has 0 atom stereocenters. The maximum atomic E-state index is 13.2. The van der Waals surface area contributed by atoms with Gasteiger partial charge in [-0.15, -0.1) is 12.4 Å². The van der Waals surface area contributed by atoms with Crippen molar-refractivity contribution in [2.24, 2.45) is 5.73 Å². The van der Waals surface area contributed by atoms with Crippen molar-refractivity contribution in [3.05, 3.63) is 35.1 Å². The third-order valence-corrected chi connectivity index (χ3v) is 1.80. The first kappa shape index (κ1) is 14.2. The summed E-state index contributed by atoms with van der Waals surface area (Å²) in [6, 6.07) is 3.20. The lowest BCUT2D eigenvalue weighted by Gasteiger charge is -2.10. The Morgan fingerprint density at radius 1 is 1.20 bits per heavy atom. The summed E-state index contributed by atoms with van der Waals surface area (Å²) in [6.07, 6.45) is -4.54. The van der Waals surface area contributed by atoms with E-state index in [1.54, 1.807) is 0 Å². The largest absolute Gasteiger partial charge is 0.419 e. The first-order chi connectivity index (χ1) is 6.46. The minimum Gasteiger partial charge on any atom is -0.330 e. The van der Waals surface area contributed by atoms with Gasteiger partial charge >= 0.3 is 6.18 Å². The molecular weight excluding hydrogens is 234 g/mol. The van der Waals surface area contributed by atoms with E-state index in [9.17, 15) is 17.6 Å². The molecule has 1 rings (SSSR count). The molecule has 0 spiro atoms. The summed E-state index contributed by atoms with van der Waals surface area (Å²) in [5.41, 5.74) is 3.91. The number of hydrogen-bond donors (Lipinski definition) is 1. The van der Waals surface area contributed by atoms with Gasteiger partial charge in [-0.3, -0.25) is 0 Å². The fourth-order valence-corrected chi connectivity index (χ4v) is 1.15. The second-order valence-electron chi connectivity index (χ2n) is 2.82. The molecule has 0 amide bonds. The Labute approximate surface area is 90.7 Å². The highest BCUT2D eigenvalue weighted by molar-refractivity contribution is 5.85. The van der Waals surface area contributed by atoms with E-state index in [1.807, 2.05) is 0 Å². The predicted molar refractivity (Wildman–Crippen MR) is 51.4 cm³/mol. The lowest BCUT2D eigenvalue weighted by Crippen LogP contribution is -2.12. The Balaban J connectivity index is 0.00000196. The van der Waals surface area contributed by atoms with Crippen molar-refractivity contribution in [1.29, 1.82) is 0 Å². The summed E-state index contributed by atoms with van der Waals surface area (Å²) in [7, 11) is 0. The Hall–Kier alpha value is -0.810. The summed E-state index contributed by atoms with van der Waals surface area (Å²) in [5.74, 6) is -1.22. The maximum Gasteiger partial charge on any atom is 0.419 e. The molecule has 1 aromatic carbocycles. The third kappa shape index (κ3) is 3.35. The van der Waals surface area contributed by atoms with E-state index in [-0.39, 0.29) is 30.9 Å². The third-order valence-electron chi connectivity index (χ3n) is 1.80. The molecule has 1 aromatic rings. The van der Waals surface area contributed by atoms with Gasteiger partial charge in [0.25, 0.3) is 0 Å². The lowest BCUT2D eigenvalue weighted by molar-refractivity contribution is -0.140. The van der Waals surface area contributed by atoms with Crippen molar-refractivity contribution in [2.75, 3.05) is 6.54 Å². The summed E-state index contributed by atoms with van der Waals surface area (Å²) < 4.78 is 49.8. The predicted octanol–water partition coefficient (Wildman–Crippen LogP) is 2.77. The summed E-state index contributed by atoms with van der Waals surface area (Å²) in [5, 5.41) is 0. The molecule has 0 unspecified atom stereocenters. The van der Waals surface area contributed by atoms with E-state index >= 15 is 0 Å². The highest BCUT2D eigenvalue weighted by atomic mass is 35.5. The van der Waals surface area contributed by atoms with E-state index in [0.717, 1.165) is 6.07 Å². The first-order valence-corrected chi connectivity index (χ1v) is 4.01. The second kappa shape index (κ2) is 5.32. The summed E-state index contributed by atoms with van der Waals surface area (Å²) in [6.45, 7) is 0.123. The molecule has 6 heteroatoms. The van der Waals surface area contributed by atoms with Gasteiger partial charge in [0.15, 0.2) is 0 Å². The zero-order valence-electron chi connectivity index (χ0n) is 7.64. The van der Waals surface area contributed by atoms with Crippen LogP contribution >= 0.6 is 12.4 Å². The van der Waals surface area contributed by atoms with Crippen LogP contribution in [0.4, 0.5) is 17.6 Å². The first-order valence-electron chi connectivity index (χ1n) is 4.01. The van der Waals surface area contributed by atoms with Gasteiger partial charge in [-0.25, -0.2) is 4.39 Å². The molecule has 2 N–H and O–H groups in total. The minimum absolute atomic E-state index is 0. The van der Waals surface area contributed by atoms with Crippen LogP contribution in [0.2, 0.25) is 0 Å². The van der Waals surface area contributed by atoms with Gasteiger partial charge in [-0.1, -0.05) is 12.1 Å². The fourth-order valence-electron chi connectivity index (χ4n) is 1.15. The second-order valence-corrected chi connectivity index (χ2v) is 2.82. The van der Waals surface area contributed by atoms with E-state index < -0.39 is 17.6 Å². The highest BCUT2D eigenvalue weighted by Crippen LogP contribution is 2.32. The van der Waals surface area contributed by atoms with Crippen molar-refractivity contribution < 1.29 is 17.6 Å². The van der Waals surface area contributed by atoms with Crippen molar-refractivity contribution in [2.45, 2.75) is 12.6 Å². The van der Waals surface area contributed by atoms with Crippen LogP contribution in [0.5, 0.6) is 0 Å². The van der Waals surface area contributed by atoms with Gasteiger partial charge < -0.3 is 5.73 Å². The Morgan fingerprint density at radius 2 is 1.80 bits per heavy atom. The molecule has 0 bridgehead atoms. The molecule has 0 radical (unpaired) electrons. The van der Waals surface area contributed by atoms with Crippen molar-refractivity contribution in [3.8, 4) is 0 Å². The molecule has 0 heterocycles. The topological polar surface area (TPSA) is 26.0 Å². The molecule has 0 saturated heterocycles.